The van der Waals surface area contributed by atoms with Crippen LogP contribution >= 0.6 is 11.3 Å². The van der Waals surface area contributed by atoms with Crippen LogP contribution in [-0.2, 0) is 0 Å². The monoisotopic (exact) mass is 277 g/mol. The molecule has 6 heteroatoms. The number of aryl methyl sites for hydroxylation is 1. The topological polar surface area (TPSA) is 68.1 Å². The summed E-state index contributed by atoms with van der Waals surface area (Å²) in [5.41, 5.74) is 1.55. The van der Waals surface area contributed by atoms with Gasteiger partial charge in [-0.25, -0.2) is 4.98 Å². The first kappa shape index (κ1) is 13.5. The van der Waals surface area contributed by atoms with Crippen LogP contribution in [0.5, 0.6) is 0 Å². The van der Waals surface area contributed by atoms with Crippen molar-refractivity contribution in [3.05, 3.63) is 50.5 Å². The van der Waals surface area contributed by atoms with Crippen molar-refractivity contribution in [1.82, 2.24) is 4.98 Å². The number of nitro benzene ring substituents is 1. The zero-order valence-corrected chi connectivity index (χ0v) is 11.6. The molecule has 0 spiro atoms. The minimum absolute atomic E-state index is 0.0855. The second-order valence-corrected chi connectivity index (χ2v) is 5.16. The molecule has 1 aromatic heterocycles. The Morgan fingerprint density at radius 1 is 1.53 bits per heavy atom. The lowest BCUT2D eigenvalue weighted by molar-refractivity contribution is -0.385. The molecule has 1 heterocycles. The number of rotatable bonds is 5. The Labute approximate surface area is 115 Å². The standard InChI is InChI=1S/C13H15N3O2S/c1-3-11(13-14-6-7-19-13)15-10-5-4-9(2)12(8-10)16(17)18/h4-8,11,15H,3H2,1-2H3. The Kier molecular flexibility index (Phi) is 4.11. The van der Waals surface area contributed by atoms with Gasteiger partial charge in [0.25, 0.3) is 5.69 Å². The number of hydrogen-bond acceptors (Lipinski definition) is 5. The molecule has 0 fully saturated rings. The maximum absolute atomic E-state index is 10.9. The van der Waals surface area contributed by atoms with E-state index in [9.17, 15) is 10.1 Å². The molecule has 0 amide bonds. The third kappa shape index (κ3) is 3.08. The first-order chi connectivity index (χ1) is 9.11. The van der Waals surface area contributed by atoms with Gasteiger partial charge in [-0.05, 0) is 19.4 Å². The molecule has 2 aromatic rings. The SMILES string of the molecule is CCC(Nc1ccc(C)c([N+](=O)[O-])c1)c1nccs1. The normalized spacial score (nSPS) is 12.1. The second kappa shape index (κ2) is 5.79. The summed E-state index contributed by atoms with van der Waals surface area (Å²) < 4.78 is 0. The van der Waals surface area contributed by atoms with Gasteiger partial charge < -0.3 is 5.32 Å². The van der Waals surface area contributed by atoms with Crippen LogP contribution in [0.3, 0.4) is 0 Å². The molecule has 0 radical (unpaired) electrons. The number of nitrogens with zero attached hydrogens (tertiary/aromatic N) is 2. The lowest BCUT2D eigenvalue weighted by atomic mass is 10.1. The lowest BCUT2D eigenvalue weighted by Gasteiger charge is -2.16. The van der Waals surface area contributed by atoms with Crippen molar-refractivity contribution in [3.8, 4) is 0 Å². The van der Waals surface area contributed by atoms with Crippen molar-refractivity contribution in [2.45, 2.75) is 26.3 Å². The molecule has 1 atom stereocenters. The number of thiazole rings is 1. The van der Waals surface area contributed by atoms with Gasteiger partial charge in [-0.3, -0.25) is 10.1 Å². The quantitative estimate of drug-likeness (QED) is 0.664. The minimum atomic E-state index is -0.356. The third-order valence-electron chi connectivity index (χ3n) is 2.90. The third-order valence-corrected chi connectivity index (χ3v) is 3.79. The molecule has 100 valence electrons. The summed E-state index contributed by atoms with van der Waals surface area (Å²) >= 11 is 1.58. The number of hydrogen-bond donors (Lipinski definition) is 1. The Bertz CT molecular complexity index is 569. The zero-order chi connectivity index (χ0) is 13.8. The molecule has 0 aliphatic heterocycles. The highest BCUT2D eigenvalue weighted by Crippen LogP contribution is 2.27. The Morgan fingerprint density at radius 2 is 2.32 bits per heavy atom. The molecule has 1 aromatic carbocycles. The molecule has 19 heavy (non-hydrogen) atoms. The van der Waals surface area contributed by atoms with Gasteiger partial charge in [-0.2, -0.15) is 0 Å². The fraction of sp³-hybridized carbons (Fsp3) is 0.308. The van der Waals surface area contributed by atoms with E-state index >= 15 is 0 Å². The Morgan fingerprint density at radius 3 is 2.89 bits per heavy atom. The summed E-state index contributed by atoms with van der Waals surface area (Å²) in [4.78, 5) is 14.8. The number of nitro groups is 1. The highest BCUT2D eigenvalue weighted by Gasteiger charge is 2.15. The van der Waals surface area contributed by atoms with Gasteiger partial charge in [0, 0.05) is 28.9 Å². The van der Waals surface area contributed by atoms with Gasteiger partial charge in [-0.15, -0.1) is 11.3 Å². The molecule has 0 bridgehead atoms. The van der Waals surface area contributed by atoms with Crippen LogP contribution in [0.15, 0.2) is 29.8 Å². The van der Waals surface area contributed by atoms with Gasteiger partial charge in [0.2, 0.25) is 0 Å². The van der Waals surface area contributed by atoms with E-state index in [-0.39, 0.29) is 16.7 Å². The van der Waals surface area contributed by atoms with Crippen LogP contribution in [0.4, 0.5) is 11.4 Å². The molecule has 1 unspecified atom stereocenters. The van der Waals surface area contributed by atoms with Gasteiger partial charge in [0.1, 0.15) is 5.01 Å². The highest BCUT2D eigenvalue weighted by atomic mass is 32.1. The van der Waals surface area contributed by atoms with E-state index in [1.54, 1.807) is 36.6 Å². The highest BCUT2D eigenvalue weighted by molar-refractivity contribution is 7.09. The van der Waals surface area contributed by atoms with Crippen LogP contribution in [0, 0.1) is 17.0 Å². The van der Waals surface area contributed by atoms with Crippen molar-refractivity contribution in [2.24, 2.45) is 0 Å². The first-order valence-corrected chi connectivity index (χ1v) is 6.90. The second-order valence-electron chi connectivity index (χ2n) is 4.23. The maximum atomic E-state index is 10.9. The molecular weight excluding hydrogens is 262 g/mol. The summed E-state index contributed by atoms with van der Waals surface area (Å²) in [6, 6.07) is 5.28. The lowest BCUT2D eigenvalue weighted by Crippen LogP contribution is -2.09. The predicted molar refractivity (Wildman–Crippen MR) is 76.6 cm³/mol. The van der Waals surface area contributed by atoms with Crippen LogP contribution in [-0.4, -0.2) is 9.91 Å². The van der Waals surface area contributed by atoms with Crippen molar-refractivity contribution in [1.29, 1.82) is 0 Å². The molecule has 0 saturated carbocycles. The van der Waals surface area contributed by atoms with E-state index in [0.29, 0.717) is 5.56 Å². The predicted octanol–water partition coefficient (Wildman–Crippen LogP) is 3.92. The molecular formula is C13H15N3O2S. The van der Waals surface area contributed by atoms with E-state index in [1.807, 2.05) is 11.4 Å². The van der Waals surface area contributed by atoms with E-state index in [0.717, 1.165) is 17.1 Å². The summed E-state index contributed by atoms with van der Waals surface area (Å²) in [6.45, 7) is 3.79. The Hall–Kier alpha value is -1.95. The van der Waals surface area contributed by atoms with Crippen LogP contribution in [0.25, 0.3) is 0 Å². The minimum Gasteiger partial charge on any atom is -0.376 e. The molecule has 0 aliphatic carbocycles. The van der Waals surface area contributed by atoms with Gasteiger partial charge in [-0.1, -0.05) is 13.0 Å². The molecule has 0 aliphatic rings. The van der Waals surface area contributed by atoms with Crippen molar-refractivity contribution in [3.63, 3.8) is 0 Å². The van der Waals surface area contributed by atoms with Crippen LogP contribution in [0.1, 0.15) is 30.0 Å². The van der Waals surface area contributed by atoms with Crippen LogP contribution < -0.4 is 5.32 Å². The Balaban J connectivity index is 2.23. The summed E-state index contributed by atoms with van der Waals surface area (Å²) in [5.74, 6) is 0. The fourth-order valence-corrected chi connectivity index (χ4v) is 2.61. The van der Waals surface area contributed by atoms with Crippen molar-refractivity contribution in [2.75, 3.05) is 5.32 Å². The number of benzene rings is 1. The van der Waals surface area contributed by atoms with Gasteiger partial charge in [0.15, 0.2) is 0 Å². The summed E-state index contributed by atoms with van der Waals surface area (Å²) in [5, 5.41) is 17.1. The van der Waals surface area contributed by atoms with Crippen molar-refractivity contribution >= 4 is 22.7 Å². The maximum Gasteiger partial charge on any atom is 0.274 e. The summed E-state index contributed by atoms with van der Waals surface area (Å²) in [7, 11) is 0. The van der Waals surface area contributed by atoms with E-state index < -0.39 is 0 Å². The molecule has 0 saturated heterocycles. The van der Waals surface area contributed by atoms with E-state index in [1.165, 1.54) is 0 Å². The zero-order valence-electron chi connectivity index (χ0n) is 10.8. The smallest absolute Gasteiger partial charge is 0.274 e. The van der Waals surface area contributed by atoms with E-state index in [4.69, 9.17) is 0 Å². The molecule has 2 rings (SSSR count). The summed E-state index contributed by atoms with van der Waals surface area (Å²) in [6.07, 6.45) is 2.64. The van der Waals surface area contributed by atoms with Crippen molar-refractivity contribution < 1.29 is 4.92 Å². The number of nitrogens with one attached hydrogen (secondary N) is 1. The average Bonchev–Trinajstić information content (AvgIpc) is 2.91. The molecule has 1 N–H and O–H groups in total. The first-order valence-electron chi connectivity index (χ1n) is 6.02. The number of anilines is 1. The largest absolute Gasteiger partial charge is 0.376 e. The fourth-order valence-electron chi connectivity index (χ4n) is 1.84. The van der Waals surface area contributed by atoms with Gasteiger partial charge >= 0.3 is 0 Å². The molecule has 5 nitrogen and oxygen atoms in total. The number of aromatic nitrogens is 1. The average molecular weight is 277 g/mol. The van der Waals surface area contributed by atoms with Crippen LogP contribution in [0.2, 0.25) is 0 Å². The van der Waals surface area contributed by atoms with E-state index in [2.05, 4.69) is 17.2 Å². The van der Waals surface area contributed by atoms with Gasteiger partial charge in [0.05, 0.1) is 11.0 Å².